The Morgan fingerprint density at radius 1 is 1.30 bits per heavy atom. The number of carbonyl (C=O) groups is 1. The molecule has 0 saturated heterocycles. The quantitative estimate of drug-likeness (QED) is 0.397. The lowest BCUT2D eigenvalue weighted by Crippen LogP contribution is -2.37. The number of hydrogen-bond acceptors (Lipinski definition) is 5. The van der Waals surface area contributed by atoms with Gasteiger partial charge in [-0.05, 0) is 50.7 Å². The van der Waals surface area contributed by atoms with Crippen molar-refractivity contribution in [2.75, 3.05) is 20.6 Å². The summed E-state index contributed by atoms with van der Waals surface area (Å²) >= 11 is 1.32. The number of hydrogen-bond donors (Lipinski definition) is 0. The maximum absolute atomic E-state index is 13.9. The van der Waals surface area contributed by atoms with E-state index in [1.807, 2.05) is 32.0 Å². The molecule has 3 aromatic rings. The van der Waals surface area contributed by atoms with Gasteiger partial charge in [0.15, 0.2) is 5.69 Å². The summed E-state index contributed by atoms with van der Waals surface area (Å²) in [6.07, 6.45) is 0.177. The number of alkyl halides is 3. The minimum absolute atomic E-state index is 0.00499. The summed E-state index contributed by atoms with van der Waals surface area (Å²) in [5, 5.41) is 13.3. The van der Waals surface area contributed by atoms with Crippen molar-refractivity contribution in [1.29, 1.82) is 5.26 Å². The molecule has 0 radical (unpaired) electrons. The van der Waals surface area contributed by atoms with Crippen LogP contribution in [0.3, 0.4) is 0 Å². The molecule has 0 aliphatic carbocycles. The van der Waals surface area contributed by atoms with E-state index in [9.17, 15) is 23.2 Å². The Bertz CT molecular complexity index is 1370. The molecular weight excluding hydrogens is 499 g/mol. The van der Waals surface area contributed by atoms with Crippen LogP contribution in [-0.4, -0.2) is 52.2 Å². The van der Waals surface area contributed by atoms with E-state index in [2.05, 4.69) is 11.2 Å². The SMILES string of the molecule is CCn1cc(-c2ccccc2[C@@H]2CN(C(=O)/C=C/[C@H](C)N(C)C)Cc3sc(C#N)cc32)c(C(F)(F)F)n1. The average molecular weight is 528 g/mol. The van der Waals surface area contributed by atoms with Gasteiger partial charge in [-0.3, -0.25) is 9.48 Å². The molecule has 3 heterocycles. The first-order chi connectivity index (χ1) is 17.5. The smallest absolute Gasteiger partial charge is 0.333 e. The third kappa shape index (κ3) is 5.48. The Morgan fingerprint density at radius 2 is 2.03 bits per heavy atom. The number of aromatic nitrogens is 2. The molecule has 2 aromatic heterocycles. The molecule has 0 N–H and O–H groups in total. The summed E-state index contributed by atoms with van der Waals surface area (Å²) in [5.74, 6) is -0.573. The van der Waals surface area contributed by atoms with Crippen LogP contribution in [0.5, 0.6) is 0 Å². The Hall–Kier alpha value is -3.42. The lowest BCUT2D eigenvalue weighted by molar-refractivity contribution is -0.141. The van der Waals surface area contributed by atoms with Crippen molar-refractivity contribution in [3.63, 3.8) is 0 Å². The lowest BCUT2D eigenvalue weighted by Gasteiger charge is -2.33. The molecular formula is C27H28F3N5OS. The number of nitriles is 1. The van der Waals surface area contributed by atoms with E-state index in [0.717, 1.165) is 10.4 Å². The summed E-state index contributed by atoms with van der Waals surface area (Å²) in [6, 6.07) is 11.0. The highest BCUT2D eigenvalue weighted by atomic mass is 32.1. The number of amides is 1. The van der Waals surface area contributed by atoms with Gasteiger partial charge in [0.05, 0.1) is 6.54 Å². The molecule has 1 aliphatic heterocycles. The molecule has 0 saturated carbocycles. The fraction of sp³-hybridized carbons (Fsp3) is 0.370. The monoisotopic (exact) mass is 527 g/mol. The van der Waals surface area contributed by atoms with Crippen LogP contribution in [0.4, 0.5) is 13.2 Å². The third-order valence-corrected chi connectivity index (χ3v) is 7.73. The van der Waals surface area contributed by atoms with Crippen LogP contribution in [0.15, 0.2) is 48.7 Å². The number of carbonyl (C=O) groups excluding carboxylic acids is 1. The maximum Gasteiger partial charge on any atom is 0.435 e. The Balaban J connectivity index is 1.81. The van der Waals surface area contributed by atoms with E-state index in [0.29, 0.717) is 29.1 Å². The van der Waals surface area contributed by atoms with Crippen LogP contribution < -0.4 is 0 Å². The summed E-state index contributed by atoms with van der Waals surface area (Å²) in [5.41, 5.74) is 1.02. The topological polar surface area (TPSA) is 65.2 Å². The zero-order chi connectivity index (χ0) is 26.9. The maximum atomic E-state index is 13.9. The minimum atomic E-state index is -4.62. The number of rotatable bonds is 6. The second-order valence-corrected chi connectivity index (χ2v) is 10.4. The van der Waals surface area contributed by atoms with Crippen molar-refractivity contribution in [3.8, 4) is 17.2 Å². The molecule has 1 amide bonds. The second kappa shape index (κ2) is 10.5. The van der Waals surface area contributed by atoms with Crippen molar-refractivity contribution in [3.05, 3.63) is 75.3 Å². The van der Waals surface area contributed by atoms with Gasteiger partial charge in [-0.1, -0.05) is 30.3 Å². The number of aryl methyl sites for hydroxylation is 1. The third-order valence-electron chi connectivity index (χ3n) is 6.69. The fourth-order valence-electron chi connectivity index (χ4n) is 4.44. The molecule has 0 bridgehead atoms. The van der Waals surface area contributed by atoms with Gasteiger partial charge in [0.1, 0.15) is 10.9 Å². The predicted octanol–water partition coefficient (Wildman–Crippen LogP) is 5.50. The highest BCUT2D eigenvalue weighted by molar-refractivity contribution is 7.12. The summed E-state index contributed by atoms with van der Waals surface area (Å²) in [4.78, 5) is 18.2. The van der Waals surface area contributed by atoms with Gasteiger partial charge in [-0.15, -0.1) is 11.3 Å². The van der Waals surface area contributed by atoms with E-state index in [4.69, 9.17) is 0 Å². The number of likely N-dealkylation sites (N-methyl/N-ethyl adjacent to an activating group) is 1. The Kier molecular flexibility index (Phi) is 7.57. The number of nitrogens with zero attached hydrogens (tertiary/aromatic N) is 5. The van der Waals surface area contributed by atoms with Gasteiger partial charge in [-0.2, -0.15) is 23.5 Å². The molecule has 0 spiro atoms. The first-order valence-electron chi connectivity index (χ1n) is 11.9. The van der Waals surface area contributed by atoms with Gasteiger partial charge in [0.25, 0.3) is 0 Å². The molecule has 1 aromatic carbocycles. The van der Waals surface area contributed by atoms with Gasteiger partial charge in [-0.25, -0.2) is 0 Å². The molecule has 4 rings (SSSR count). The van der Waals surface area contributed by atoms with Crippen molar-refractivity contribution in [2.45, 2.75) is 45.1 Å². The molecule has 1 aliphatic rings. The molecule has 6 nitrogen and oxygen atoms in total. The number of fused-ring (bicyclic) bond motifs is 1. The van der Waals surface area contributed by atoms with Gasteiger partial charge >= 0.3 is 6.18 Å². The second-order valence-electron chi connectivity index (χ2n) is 9.27. The van der Waals surface area contributed by atoms with Gasteiger partial charge in [0, 0.05) is 47.8 Å². The molecule has 0 unspecified atom stereocenters. The Labute approximate surface area is 218 Å². The van der Waals surface area contributed by atoms with E-state index in [1.54, 1.807) is 48.2 Å². The molecule has 0 fully saturated rings. The predicted molar refractivity (Wildman–Crippen MR) is 137 cm³/mol. The first-order valence-corrected chi connectivity index (χ1v) is 12.7. The number of benzene rings is 1. The van der Waals surface area contributed by atoms with E-state index in [-0.39, 0.29) is 24.1 Å². The highest BCUT2D eigenvalue weighted by Gasteiger charge is 2.39. The standard InChI is InChI=1S/C27H28F3N5OS/c1-5-35-15-23(26(32-35)27(28,29)30)20-9-7-6-8-19(20)22-14-34(25(36)11-10-17(2)33(3)4)16-24-21(22)12-18(13-31)37-24/h6-12,15,17,22H,5,14,16H2,1-4H3/b11-10+/t17-,22-/m0/s1. The van der Waals surface area contributed by atoms with E-state index in [1.165, 1.54) is 22.2 Å². The van der Waals surface area contributed by atoms with Gasteiger partial charge < -0.3 is 9.80 Å². The van der Waals surface area contributed by atoms with Crippen LogP contribution >= 0.6 is 11.3 Å². The van der Waals surface area contributed by atoms with Crippen LogP contribution in [-0.2, 0) is 24.1 Å². The van der Waals surface area contributed by atoms with Crippen molar-refractivity contribution >= 4 is 17.2 Å². The fourth-order valence-corrected chi connectivity index (χ4v) is 5.48. The largest absolute Gasteiger partial charge is 0.435 e. The molecule has 10 heteroatoms. The zero-order valence-electron chi connectivity index (χ0n) is 21.1. The first kappa shape index (κ1) is 26.6. The normalized spacial score (nSPS) is 16.7. The zero-order valence-corrected chi connectivity index (χ0v) is 21.9. The number of halogens is 3. The molecule has 194 valence electrons. The summed E-state index contributed by atoms with van der Waals surface area (Å²) < 4.78 is 43.1. The van der Waals surface area contributed by atoms with Crippen LogP contribution in [0.1, 0.15) is 46.3 Å². The van der Waals surface area contributed by atoms with Crippen LogP contribution in [0.25, 0.3) is 11.1 Å². The van der Waals surface area contributed by atoms with Crippen LogP contribution in [0.2, 0.25) is 0 Å². The summed E-state index contributed by atoms with van der Waals surface area (Å²) in [7, 11) is 3.84. The lowest BCUT2D eigenvalue weighted by atomic mass is 9.83. The highest BCUT2D eigenvalue weighted by Crippen LogP contribution is 2.44. The van der Waals surface area contributed by atoms with Gasteiger partial charge in [0.2, 0.25) is 5.91 Å². The average Bonchev–Trinajstić information content (AvgIpc) is 3.50. The van der Waals surface area contributed by atoms with Crippen LogP contribution in [0, 0.1) is 11.3 Å². The molecule has 37 heavy (non-hydrogen) atoms. The van der Waals surface area contributed by atoms with Crippen molar-refractivity contribution in [2.24, 2.45) is 0 Å². The van der Waals surface area contributed by atoms with E-state index >= 15 is 0 Å². The Morgan fingerprint density at radius 3 is 2.68 bits per heavy atom. The van der Waals surface area contributed by atoms with Crippen molar-refractivity contribution in [1.82, 2.24) is 19.6 Å². The van der Waals surface area contributed by atoms with Crippen molar-refractivity contribution < 1.29 is 18.0 Å². The summed E-state index contributed by atoms with van der Waals surface area (Å²) in [6.45, 7) is 4.65. The number of thiophene rings is 1. The minimum Gasteiger partial charge on any atom is -0.333 e. The van der Waals surface area contributed by atoms with E-state index < -0.39 is 17.8 Å². The molecule has 2 atom stereocenters.